The molecular formula is C17H13Br2NO3. The topological polar surface area (TPSA) is 51.5 Å². The van der Waals surface area contributed by atoms with Gasteiger partial charge < -0.3 is 14.5 Å². The van der Waals surface area contributed by atoms with E-state index in [4.69, 9.17) is 9.15 Å². The predicted octanol–water partition coefficient (Wildman–Crippen LogP) is 5.53. The smallest absolute Gasteiger partial charge is 0.291 e. The molecule has 0 radical (unpaired) electrons. The molecule has 0 atom stereocenters. The molecule has 0 bridgehead atoms. The van der Waals surface area contributed by atoms with Crippen LogP contribution in [-0.4, -0.2) is 13.0 Å². The first-order valence-electron chi connectivity index (χ1n) is 6.83. The Labute approximate surface area is 150 Å². The minimum Gasteiger partial charge on any atom is -0.497 e. The highest BCUT2D eigenvalue weighted by Gasteiger charge is 2.19. The van der Waals surface area contributed by atoms with E-state index < -0.39 is 0 Å². The van der Waals surface area contributed by atoms with Gasteiger partial charge in [-0.25, -0.2) is 0 Å². The second-order valence-corrected chi connectivity index (χ2v) is 6.77. The van der Waals surface area contributed by atoms with Gasteiger partial charge in [0.15, 0.2) is 5.76 Å². The van der Waals surface area contributed by atoms with E-state index in [1.807, 2.05) is 31.2 Å². The highest BCUT2D eigenvalue weighted by molar-refractivity contribution is 9.11. The van der Waals surface area contributed by atoms with Gasteiger partial charge in [-0.1, -0.05) is 15.9 Å². The molecule has 1 aromatic heterocycles. The maximum Gasteiger partial charge on any atom is 0.291 e. The molecule has 0 unspecified atom stereocenters. The van der Waals surface area contributed by atoms with Crippen LogP contribution in [0.15, 0.2) is 49.8 Å². The summed E-state index contributed by atoms with van der Waals surface area (Å²) >= 11 is 6.81. The molecule has 1 heterocycles. The molecular weight excluding hydrogens is 426 g/mol. The van der Waals surface area contributed by atoms with E-state index in [-0.39, 0.29) is 5.91 Å². The number of anilines is 1. The molecule has 0 aliphatic carbocycles. The molecule has 4 nitrogen and oxygen atoms in total. The van der Waals surface area contributed by atoms with Crippen LogP contribution in [-0.2, 0) is 0 Å². The number of methoxy groups -OCH3 is 1. The van der Waals surface area contributed by atoms with Gasteiger partial charge in [0.2, 0.25) is 0 Å². The second kappa shape index (κ2) is 6.37. The average molecular weight is 439 g/mol. The molecule has 0 aliphatic rings. The van der Waals surface area contributed by atoms with Crippen molar-refractivity contribution in [1.29, 1.82) is 0 Å². The zero-order valence-electron chi connectivity index (χ0n) is 12.4. The summed E-state index contributed by atoms with van der Waals surface area (Å²) in [6.45, 7) is 1.86. The fourth-order valence-electron chi connectivity index (χ4n) is 2.31. The highest BCUT2D eigenvalue weighted by Crippen LogP contribution is 2.31. The lowest BCUT2D eigenvalue weighted by Gasteiger charge is -2.06. The lowest BCUT2D eigenvalue weighted by atomic mass is 10.1. The van der Waals surface area contributed by atoms with E-state index in [2.05, 4.69) is 37.2 Å². The Morgan fingerprint density at radius 3 is 2.65 bits per heavy atom. The lowest BCUT2D eigenvalue weighted by Crippen LogP contribution is -2.12. The number of hydrogen-bond acceptors (Lipinski definition) is 3. The van der Waals surface area contributed by atoms with Gasteiger partial charge in [0.05, 0.1) is 12.8 Å². The van der Waals surface area contributed by atoms with Gasteiger partial charge in [0, 0.05) is 19.9 Å². The fourth-order valence-corrected chi connectivity index (χ4v) is 3.46. The normalized spacial score (nSPS) is 10.8. The van der Waals surface area contributed by atoms with Gasteiger partial charge in [-0.3, -0.25) is 4.79 Å². The largest absolute Gasteiger partial charge is 0.497 e. The molecule has 118 valence electrons. The van der Waals surface area contributed by atoms with E-state index in [1.165, 1.54) is 0 Å². The Kier molecular flexibility index (Phi) is 4.46. The first-order chi connectivity index (χ1) is 11.0. The summed E-state index contributed by atoms with van der Waals surface area (Å²) < 4.78 is 12.6. The number of hydrogen-bond donors (Lipinski definition) is 1. The van der Waals surface area contributed by atoms with Gasteiger partial charge in [0.1, 0.15) is 11.3 Å². The Morgan fingerprint density at radius 2 is 1.96 bits per heavy atom. The minimum atomic E-state index is -0.291. The number of rotatable bonds is 3. The number of fused-ring (bicyclic) bond motifs is 1. The summed E-state index contributed by atoms with van der Waals surface area (Å²) in [5.74, 6) is 0.729. The van der Waals surface area contributed by atoms with Crippen molar-refractivity contribution < 1.29 is 13.9 Å². The Balaban J connectivity index is 1.96. The lowest BCUT2D eigenvalue weighted by molar-refractivity contribution is 0.0998. The molecule has 0 saturated carbocycles. The Morgan fingerprint density at radius 1 is 1.17 bits per heavy atom. The Hall–Kier alpha value is -1.79. The molecule has 2 aromatic carbocycles. The van der Waals surface area contributed by atoms with E-state index in [0.717, 1.165) is 25.6 Å². The van der Waals surface area contributed by atoms with E-state index in [0.29, 0.717) is 17.0 Å². The van der Waals surface area contributed by atoms with Crippen LogP contribution in [0.25, 0.3) is 11.0 Å². The zero-order valence-corrected chi connectivity index (χ0v) is 15.6. The quantitative estimate of drug-likeness (QED) is 0.585. The van der Waals surface area contributed by atoms with Crippen LogP contribution in [0.2, 0.25) is 0 Å². The van der Waals surface area contributed by atoms with Crippen molar-refractivity contribution in [3.63, 3.8) is 0 Å². The SMILES string of the molecule is COc1ccc2oc(C(=O)Nc3ccc(Br)cc3Br)c(C)c2c1. The molecule has 3 aromatic rings. The number of carbonyl (C=O) groups is 1. The van der Waals surface area contributed by atoms with Crippen molar-refractivity contribution in [2.24, 2.45) is 0 Å². The van der Waals surface area contributed by atoms with Crippen molar-refractivity contribution in [3.8, 4) is 5.75 Å². The number of aryl methyl sites for hydroxylation is 1. The van der Waals surface area contributed by atoms with Crippen LogP contribution in [0, 0.1) is 6.92 Å². The third-order valence-electron chi connectivity index (χ3n) is 3.53. The molecule has 0 spiro atoms. The Bertz CT molecular complexity index is 902. The van der Waals surface area contributed by atoms with Crippen molar-refractivity contribution in [2.75, 3.05) is 12.4 Å². The van der Waals surface area contributed by atoms with Crippen molar-refractivity contribution in [2.45, 2.75) is 6.92 Å². The molecule has 3 rings (SSSR count). The van der Waals surface area contributed by atoms with Crippen molar-refractivity contribution in [1.82, 2.24) is 0 Å². The molecule has 1 N–H and O–H groups in total. The first kappa shape index (κ1) is 16.1. The molecule has 1 amide bonds. The van der Waals surface area contributed by atoms with E-state index in [9.17, 15) is 4.79 Å². The molecule has 6 heteroatoms. The van der Waals surface area contributed by atoms with Gasteiger partial charge >= 0.3 is 0 Å². The van der Waals surface area contributed by atoms with Crippen LogP contribution in [0.4, 0.5) is 5.69 Å². The van der Waals surface area contributed by atoms with Crippen LogP contribution < -0.4 is 10.1 Å². The number of carbonyl (C=O) groups excluding carboxylic acids is 1. The number of furan rings is 1. The summed E-state index contributed by atoms with van der Waals surface area (Å²) in [7, 11) is 1.61. The molecule has 0 saturated heterocycles. The summed E-state index contributed by atoms with van der Waals surface area (Å²) in [4.78, 5) is 12.5. The van der Waals surface area contributed by atoms with Gasteiger partial charge in [0.25, 0.3) is 5.91 Å². The number of amides is 1. The number of benzene rings is 2. The van der Waals surface area contributed by atoms with Crippen LogP contribution >= 0.6 is 31.9 Å². The summed E-state index contributed by atoms with van der Waals surface area (Å²) in [6.07, 6.45) is 0. The van der Waals surface area contributed by atoms with Crippen molar-refractivity contribution >= 4 is 54.4 Å². The molecule has 0 fully saturated rings. The van der Waals surface area contributed by atoms with Crippen LogP contribution in [0.3, 0.4) is 0 Å². The standard InChI is InChI=1S/C17H13Br2NO3/c1-9-12-8-11(22-2)4-6-15(12)23-16(9)17(21)20-14-5-3-10(18)7-13(14)19/h3-8H,1-2H3,(H,20,21). The number of nitrogens with one attached hydrogen (secondary N) is 1. The third kappa shape index (κ3) is 3.14. The second-order valence-electron chi connectivity index (χ2n) is 5.00. The van der Waals surface area contributed by atoms with Crippen molar-refractivity contribution in [3.05, 3.63) is 56.7 Å². The number of ether oxygens (including phenoxy) is 1. The first-order valence-corrected chi connectivity index (χ1v) is 8.41. The van der Waals surface area contributed by atoms with Gasteiger partial charge in [-0.05, 0) is 59.3 Å². The van der Waals surface area contributed by atoms with E-state index >= 15 is 0 Å². The maximum atomic E-state index is 12.5. The average Bonchev–Trinajstić information content (AvgIpc) is 2.86. The monoisotopic (exact) mass is 437 g/mol. The van der Waals surface area contributed by atoms with E-state index in [1.54, 1.807) is 19.2 Å². The van der Waals surface area contributed by atoms with Gasteiger partial charge in [-0.2, -0.15) is 0 Å². The molecule has 0 aliphatic heterocycles. The maximum absolute atomic E-state index is 12.5. The summed E-state index contributed by atoms with van der Waals surface area (Å²) in [5.41, 5.74) is 2.11. The molecule has 23 heavy (non-hydrogen) atoms. The highest BCUT2D eigenvalue weighted by atomic mass is 79.9. The third-order valence-corrected chi connectivity index (χ3v) is 4.68. The van der Waals surface area contributed by atoms with Crippen LogP contribution in [0.1, 0.15) is 16.1 Å². The fraction of sp³-hybridized carbons (Fsp3) is 0.118. The minimum absolute atomic E-state index is 0.291. The predicted molar refractivity (Wildman–Crippen MR) is 97.3 cm³/mol. The van der Waals surface area contributed by atoms with Gasteiger partial charge in [-0.15, -0.1) is 0 Å². The van der Waals surface area contributed by atoms with Crippen LogP contribution in [0.5, 0.6) is 5.75 Å². The summed E-state index contributed by atoms with van der Waals surface area (Å²) in [5, 5.41) is 3.72. The zero-order chi connectivity index (χ0) is 16.6. The summed E-state index contributed by atoms with van der Waals surface area (Å²) in [6, 6.07) is 11.0. The number of halogens is 2.